The average molecular weight is 269 g/mol. The molecule has 0 atom stereocenters. The predicted octanol–water partition coefficient (Wildman–Crippen LogP) is 3.65. The van der Waals surface area contributed by atoms with Crippen molar-refractivity contribution in [2.75, 3.05) is 19.4 Å². The number of anilines is 1. The minimum Gasteiger partial charge on any atom is -0.373 e. The summed E-state index contributed by atoms with van der Waals surface area (Å²) in [6.45, 7) is 0.971. The highest BCUT2D eigenvalue weighted by molar-refractivity contribution is 5.81. The average Bonchev–Trinajstić information content (AvgIpc) is 3.01. The van der Waals surface area contributed by atoms with Crippen LogP contribution in [0.4, 0.5) is 5.82 Å². The van der Waals surface area contributed by atoms with Crippen molar-refractivity contribution in [2.24, 2.45) is 0 Å². The molecule has 1 aromatic carbocycles. The predicted molar refractivity (Wildman–Crippen MR) is 85.0 cm³/mol. The van der Waals surface area contributed by atoms with Crippen LogP contribution in [0.5, 0.6) is 0 Å². The zero-order chi connectivity index (χ0) is 13.9. The Morgan fingerprint density at radius 2 is 2.00 bits per heavy atom. The van der Waals surface area contributed by atoms with E-state index < -0.39 is 0 Å². The highest BCUT2D eigenvalue weighted by Crippen LogP contribution is 2.26. The molecule has 0 spiro atoms. The van der Waals surface area contributed by atoms with Crippen LogP contribution in [0.2, 0.25) is 0 Å². The van der Waals surface area contributed by atoms with Crippen LogP contribution < -0.4 is 5.32 Å². The SMILES string of the molecule is CNc1nc2ccccc2cc1CN(C)C1CCCC1. The van der Waals surface area contributed by atoms with Crippen LogP contribution in [-0.2, 0) is 6.54 Å². The third-order valence-corrected chi connectivity index (χ3v) is 4.41. The van der Waals surface area contributed by atoms with Crippen molar-refractivity contribution in [1.29, 1.82) is 0 Å². The van der Waals surface area contributed by atoms with Crippen LogP contribution in [0, 0.1) is 0 Å². The van der Waals surface area contributed by atoms with E-state index in [2.05, 4.69) is 41.5 Å². The van der Waals surface area contributed by atoms with E-state index >= 15 is 0 Å². The number of fused-ring (bicyclic) bond motifs is 1. The Hall–Kier alpha value is -1.61. The highest BCUT2D eigenvalue weighted by Gasteiger charge is 2.20. The number of benzene rings is 1. The van der Waals surface area contributed by atoms with Gasteiger partial charge in [-0.3, -0.25) is 4.90 Å². The number of aromatic nitrogens is 1. The van der Waals surface area contributed by atoms with Gasteiger partial charge in [0.25, 0.3) is 0 Å². The van der Waals surface area contributed by atoms with E-state index in [1.807, 2.05) is 13.1 Å². The number of nitrogens with zero attached hydrogens (tertiary/aromatic N) is 2. The molecule has 0 radical (unpaired) electrons. The van der Waals surface area contributed by atoms with Gasteiger partial charge in [0.15, 0.2) is 0 Å². The highest BCUT2D eigenvalue weighted by atomic mass is 15.1. The van der Waals surface area contributed by atoms with E-state index in [0.29, 0.717) is 0 Å². The first-order valence-electron chi connectivity index (χ1n) is 7.54. The molecule has 1 fully saturated rings. The van der Waals surface area contributed by atoms with Crippen molar-refractivity contribution in [3.8, 4) is 0 Å². The van der Waals surface area contributed by atoms with Crippen LogP contribution >= 0.6 is 0 Å². The van der Waals surface area contributed by atoms with E-state index in [-0.39, 0.29) is 0 Å². The Balaban J connectivity index is 1.88. The summed E-state index contributed by atoms with van der Waals surface area (Å²) in [4.78, 5) is 7.22. The van der Waals surface area contributed by atoms with E-state index in [1.165, 1.54) is 36.6 Å². The zero-order valence-electron chi connectivity index (χ0n) is 12.4. The van der Waals surface area contributed by atoms with E-state index in [1.54, 1.807) is 0 Å². The minimum absolute atomic E-state index is 0.742. The second kappa shape index (κ2) is 5.80. The van der Waals surface area contributed by atoms with Gasteiger partial charge >= 0.3 is 0 Å². The summed E-state index contributed by atoms with van der Waals surface area (Å²) in [5, 5.41) is 4.47. The summed E-state index contributed by atoms with van der Waals surface area (Å²) in [5.41, 5.74) is 2.35. The van der Waals surface area contributed by atoms with Gasteiger partial charge in [-0.25, -0.2) is 4.98 Å². The first kappa shape index (κ1) is 13.4. The molecule has 0 bridgehead atoms. The Bertz CT molecular complexity index is 588. The van der Waals surface area contributed by atoms with Crippen molar-refractivity contribution in [3.05, 3.63) is 35.9 Å². The molecule has 1 aliphatic carbocycles. The topological polar surface area (TPSA) is 28.2 Å². The molecule has 0 aliphatic heterocycles. The smallest absolute Gasteiger partial charge is 0.130 e. The third-order valence-electron chi connectivity index (χ3n) is 4.41. The van der Waals surface area contributed by atoms with Gasteiger partial charge in [0.2, 0.25) is 0 Å². The maximum Gasteiger partial charge on any atom is 0.130 e. The molecule has 1 heterocycles. The molecule has 0 unspecified atom stereocenters. The monoisotopic (exact) mass is 269 g/mol. The lowest BCUT2D eigenvalue weighted by molar-refractivity contribution is 0.237. The maximum absolute atomic E-state index is 4.74. The molecule has 1 N–H and O–H groups in total. The summed E-state index contributed by atoms with van der Waals surface area (Å²) < 4.78 is 0. The van der Waals surface area contributed by atoms with Gasteiger partial charge in [-0.1, -0.05) is 31.0 Å². The van der Waals surface area contributed by atoms with Crippen LogP contribution in [0.3, 0.4) is 0 Å². The second-order valence-electron chi connectivity index (χ2n) is 5.79. The van der Waals surface area contributed by atoms with Crippen molar-refractivity contribution < 1.29 is 0 Å². The fourth-order valence-electron chi connectivity index (χ4n) is 3.24. The van der Waals surface area contributed by atoms with Gasteiger partial charge in [0.05, 0.1) is 5.52 Å². The molecule has 3 rings (SSSR count). The van der Waals surface area contributed by atoms with E-state index in [4.69, 9.17) is 4.98 Å². The Labute approximate surface area is 121 Å². The molecule has 106 valence electrons. The maximum atomic E-state index is 4.74. The Morgan fingerprint density at radius 3 is 2.75 bits per heavy atom. The Morgan fingerprint density at radius 1 is 1.25 bits per heavy atom. The van der Waals surface area contributed by atoms with E-state index in [9.17, 15) is 0 Å². The Kier molecular flexibility index (Phi) is 3.88. The van der Waals surface area contributed by atoms with Gasteiger partial charge in [-0.05, 0) is 32.0 Å². The molecule has 0 saturated heterocycles. The van der Waals surface area contributed by atoms with Gasteiger partial charge < -0.3 is 5.32 Å². The van der Waals surface area contributed by atoms with Crippen molar-refractivity contribution in [1.82, 2.24) is 9.88 Å². The molecular formula is C17H23N3. The lowest BCUT2D eigenvalue weighted by Crippen LogP contribution is -2.28. The normalized spacial score (nSPS) is 16.1. The summed E-state index contributed by atoms with van der Waals surface area (Å²) >= 11 is 0. The van der Waals surface area contributed by atoms with Crippen LogP contribution in [-0.4, -0.2) is 30.0 Å². The zero-order valence-corrected chi connectivity index (χ0v) is 12.4. The first-order valence-corrected chi connectivity index (χ1v) is 7.54. The summed E-state index contributed by atoms with van der Waals surface area (Å²) in [5.74, 6) is 1.01. The second-order valence-corrected chi connectivity index (χ2v) is 5.79. The minimum atomic E-state index is 0.742. The quantitative estimate of drug-likeness (QED) is 0.918. The summed E-state index contributed by atoms with van der Waals surface area (Å²) in [7, 11) is 4.20. The van der Waals surface area contributed by atoms with Gasteiger partial charge in [-0.2, -0.15) is 0 Å². The van der Waals surface area contributed by atoms with Crippen LogP contribution in [0.1, 0.15) is 31.2 Å². The van der Waals surface area contributed by atoms with Crippen molar-refractivity contribution in [3.63, 3.8) is 0 Å². The molecule has 0 amide bonds. The summed E-state index contributed by atoms with van der Waals surface area (Å²) in [6.07, 6.45) is 5.44. The molecule has 1 aliphatic rings. The van der Waals surface area contributed by atoms with Gasteiger partial charge in [-0.15, -0.1) is 0 Å². The first-order chi connectivity index (χ1) is 9.78. The molecular weight excluding hydrogens is 246 g/mol. The molecule has 1 saturated carbocycles. The largest absolute Gasteiger partial charge is 0.373 e. The van der Waals surface area contributed by atoms with Gasteiger partial charge in [0, 0.05) is 30.6 Å². The molecule has 2 aromatic rings. The molecule has 3 heteroatoms. The molecule has 20 heavy (non-hydrogen) atoms. The number of nitrogens with one attached hydrogen (secondary N) is 1. The van der Waals surface area contributed by atoms with Crippen molar-refractivity contribution in [2.45, 2.75) is 38.3 Å². The standard InChI is InChI=1S/C17H23N3/c1-18-17-14(12-20(2)15-8-4-5-9-15)11-13-7-3-6-10-16(13)19-17/h3,6-7,10-11,15H,4-5,8-9,12H2,1-2H3,(H,18,19). The molecule has 1 aromatic heterocycles. The number of hydrogen-bond donors (Lipinski definition) is 1. The number of pyridine rings is 1. The van der Waals surface area contributed by atoms with Gasteiger partial charge in [0.1, 0.15) is 5.82 Å². The lowest BCUT2D eigenvalue weighted by atomic mass is 10.1. The van der Waals surface area contributed by atoms with Crippen LogP contribution in [0.25, 0.3) is 10.9 Å². The number of hydrogen-bond acceptors (Lipinski definition) is 3. The van der Waals surface area contributed by atoms with Crippen LogP contribution in [0.15, 0.2) is 30.3 Å². The number of rotatable bonds is 4. The fraction of sp³-hybridized carbons (Fsp3) is 0.471. The van der Waals surface area contributed by atoms with E-state index in [0.717, 1.165) is 23.9 Å². The number of para-hydroxylation sites is 1. The van der Waals surface area contributed by atoms with Crippen molar-refractivity contribution >= 4 is 16.7 Å². The molecule has 3 nitrogen and oxygen atoms in total. The summed E-state index contributed by atoms with van der Waals surface area (Å²) in [6, 6.07) is 11.3. The lowest BCUT2D eigenvalue weighted by Gasteiger charge is -2.25. The third kappa shape index (κ3) is 2.63. The fourth-order valence-corrected chi connectivity index (χ4v) is 3.24.